The first-order valence-electron chi connectivity index (χ1n) is 42.8. The molecule has 1 amide bonds. The minimum atomic E-state index is -0.843. The van der Waals surface area contributed by atoms with Crippen molar-refractivity contribution < 1.29 is 24.5 Å². The molecule has 0 saturated carbocycles. The van der Waals surface area contributed by atoms with Crippen LogP contribution in [-0.4, -0.2) is 47.4 Å². The third kappa shape index (κ3) is 79.0. The van der Waals surface area contributed by atoms with Gasteiger partial charge in [0.25, 0.3) is 0 Å². The summed E-state index contributed by atoms with van der Waals surface area (Å²) in [4.78, 5) is 24.7. The summed E-state index contributed by atoms with van der Waals surface area (Å²) in [7, 11) is 0. The molecule has 0 aromatic heterocycles. The number of aliphatic hydroxyl groups excluding tert-OH is 2. The second-order valence-electron chi connectivity index (χ2n) is 29.5. The molecule has 0 rings (SSSR count). The average Bonchev–Trinajstić information content (AvgIpc) is 3.78. The summed E-state index contributed by atoms with van der Waals surface area (Å²) in [5, 5.41) is 23.3. The lowest BCUT2D eigenvalue weighted by Crippen LogP contribution is -2.45. The molecule has 2 atom stereocenters. The van der Waals surface area contributed by atoms with Gasteiger partial charge in [-0.1, -0.05) is 442 Å². The van der Waals surface area contributed by atoms with Crippen LogP contribution in [0.3, 0.4) is 0 Å². The number of rotatable bonds is 81. The van der Waals surface area contributed by atoms with Crippen LogP contribution >= 0.6 is 0 Å². The van der Waals surface area contributed by atoms with E-state index in [1.54, 1.807) is 6.08 Å². The molecule has 0 aliphatic rings. The van der Waals surface area contributed by atoms with E-state index in [1.165, 1.54) is 405 Å². The monoisotopic (exact) mass is 1310 g/mol. The maximum atomic E-state index is 12.6. The predicted molar refractivity (Wildman–Crippen MR) is 412 cm³/mol. The van der Waals surface area contributed by atoms with Crippen LogP contribution in [0.2, 0.25) is 0 Å². The highest BCUT2D eigenvalue weighted by molar-refractivity contribution is 5.76. The van der Waals surface area contributed by atoms with Gasteiger partial charge >= 0.3 is 5.97 Å². The predicted octanol–water partition coefficient (Wildman–Crippen LogP) is 28.6. The van der Waals surface area contributed by atoms with Crippen molar-refractivity contribution in [2.45, 2.75) is 495 Å². The molecule has 6 heteroatoms. The first-order valence-corrected chi connectivity index (χ1v) is 42.8. The van der Waals surface area contributed by atoms with Crippen LogP contribution in [0, 0.1) is 0 Å². The zero-order chi connectivity index (χ0) is 67.0. The third-order valence-corrected chi connectivity index (χ3v) is 20.2. The van der Waals surface area contributed by atoms with Gasteiger partial charge in [0, 0.05) is 12.8 Å². The number of nitrogens with one attached hydrogen (secondary N) is 1. The zero-order valence-electron chi connectivity index (χ0n) is 63.3. The number of allylic oxidation sites excluding steroid dienone is 5. The molecule has 0 aromatic carbocycles. The van der Waals surface area contributed by atoms with E-state index in [-0.39, 0.29) is 18.5 Å². The summed E-state index contributed by atoms with van der Waals surface area (Å²) < 4.78 is 5.52. The van der Waals surface area contributed by atoms with Gasteiger partial charge in [-0.3, -0.25) is 9.59 Å². The number of hydrogen-bond donors (Lipinski definition) is 3. The second kappa shape index (κ2) is 82.5. The highest BCUT2D eigenvalue weighted by atomic mass is 16.5. The fraction of sp³-hybridized carbons (Fsp3) is 0.908. The maximum Gasteiger partial charge on any atom is 0.305 e. The summed E-state index contributed by atoms with van der Waals surface area (Å²) in [5.41, 5.74) is 0. The fourth-order valence-corrected chi connectivity index (χ4v) is 13.7. The minimum absolute atomic E-state index is 0.0182. The second-order valence-corrected chi connectivity index (χ2v) is 29.5. The summed E-state index contributed by atoms with van der Waals surface area (Å²) >= 11 is 0. The topological polar surface area (TPSA) is 95.9 Å². The number of carbonyl (C=O) groups is 2. The molecule has 3 N–H and O–H groups in total. The molecule has 0 bridgehead atoms. The Balaban J connectivity index is 3.34. The minimum Gasteiger partial charge on any atom is -0.466 e. The Morgan fingerprint density at radius 2 is 0.538 bits per heavy atom. The molecule has 2 unspecified atom stereocenters. The normalized spacial score (nSPS) is 12.6. The van der Waals surface area contributed by atoms with E-state index in [0.29, 0.717) is 19.4 Å². The van der Waals surface area contributed by atoms with Crippen LogP contribution in [0.15, 0.2) is 36.5 Å². The standard InChI is InChI=1S/C87H167NO5/c1-3-5-7-9-11-13-15-17-19-21-23-24-25-34-37-40-44-47-51-55-59-63-67-71-75-79-85(90)84(83-89)88-86(91)80-76-72-68-64-60-56-52-48-45-41-38-35-32-30-28-26-27-29-31-33-36-39-42-46-50-54-58-62-66-70-74-78-82-93-87(92)81-77-73-69-65-61-57-53-49-43-22-20-18-16-14-12-10-8-6-4-2/h12,14,18,20,75,79,84-85,89-90H,3-11,13,15-17,19,21-74,76-78,80-83H2,1-2H3,(H,88,91)/b14-12-,20-18-,79-75+. The summed E-state index contributed by atoms with van der Waals surface area (Å²) in [6.07, 6.45) is 109. The SMILES string of the molecule is CCCCC/C=C\C/C=C\CCCCCCCCCCCC(=O)OCCCCCCCCCCCCCCCCCCCCCCCCCCCCCCCCCCC(=O)NC(CO)C(O)/C=C/CCCCCCCCCCCCCCCCCCCCCCCCC. The Morgan fingerprint density at radius 3 is 0.839 bits per heavy atom. The number of hydrogen-bond acceptors (Lipinski definition) is 5. The summed E-state index contributed by atoms with van der Waals surface area (Å²) in [5.74, 6) is -0.0397. The van der Waals surface area contributed by atoms with Gasteiger partial charge in [0.2, 0.25) is 5.91 Å². The molecule has 0 aliphatic carbocycles. The van der Waals surface area contributed by atoms with Crippen LogP contribution in [0.25, 0.3) is 0 Å². The molecule has 0 heterocycles. The summed E-state index contributed by atoms with van der Waals surface area (Å²) in [6, 6.07) is -0.626. The van der Waals surface area contributed by atoms with E-state index in [4.69, 9.17) is 4.74 Å². The molecule has 0 saturated heterocycles. The quantitative estimate of drug-likeness (QED) is 0.0320. The highest BCUT2D eigenvalue weighted by Gasteiger charge is 2.18. The molecule has 550 valence electrons. The Bertz CT molecular complexity index is 1510. The van der Waals surface area contributed by atoms with Crippen LogP contribution in [-0.2, 0) is 14.3 Å². The first-order chi connectivity index (χ1) is 46.0. The molecular weight excluding hydrogens is 1140 g/mol. The lowest BCUT2D eigenvalue weighted by Gasteiger charge is -2.20. The van der Waals surface area contributed by atoms with Gasteiger partial charge in [-0.15, -0.1) is 0 Å². The number of esters is 1. The van der Waals surface area contributed by atoms with Crippen molar-refractivity contribution in [3.63, 3.8) is 0 Å². The first kappa shape index (κ1) is 91.1. The fourth-order valence-electron chi connectivity index (χ4n) is 13.7. The Kier molecular flexibility index (Phi) is 80.8. The van der Waals surface area contributed by atoms with Crippen molar-refractivity contribution in [2.24, 2.45) is 0 Å². The van der Waals surface area contributed by atoms with Gasteiger partial charge < -0.3 is 20.3 Å². The van der Waals surface area contributed by atoms with Gasteiger partial charge in [0.05, 0.1) is 25.4 Å². The van der Waals surface area contributed by atoms with E-state index in [1.807, 2.05) is 6.08 Å². The molecule has 0 radical (unpaired) electrons. The van der Waals surface area contributed by atoms with Gasteiger partial charge in [-0.05, 0) is 64.2 Å². The Hall–Kier alpha value is -1.92. The van der Waals surface area contributed by atoms with Crippen molar-refractivity contribution >= 4 is 11.9 Å². The lowest BCUT2D eigenvalue weighted by atomic mass is 10.0. The highest BCUT2D eigenvalue weighted by Crippen LogP contribution is 2.21. The van der Waals surface area contributed by atoms with E-state index < -0.39 is 12.1 Å². The Morgan fingerprint density at radius 1 is 0.301 bits per heavy atom. The van der Waals surface area contributed by atoms with Crippen molar-refractivity contribution in [1.29, 1.82) is 0 Å². The number of aliphatic hydroxyl groups is 2. The molecular formula is C87H167NO5. The Labute approximate surface area is 583 Å². The van der Waals surface area contributed by atoms with Gasteiger partial charge in [0.1, 0.15) is 0 Å². The van der Waals surface area contributed by atoms with Gasteiger partial charge in [-0.2, -0.15) is 0 Å². The van der Waals surface area contributed by atoms with Crippen LogP contribution < -0.4 is 5.32 Å². The molecule has 0 aliphatic heterocycles. The summed E-state index contributed by atoms with van der Waals surface area (Å²) in [6.45, 7) is 4.94. The largest absolute Gasteiger partial charge is 0.466 e. The molecule has 0 aromatic rings. The van der Waals surface area contributed by atoms with E-state index >= 15 is 0 Å². The molecule has 0 fully saturated rings. The molecule has 6 nitrogen and oxygen atoms in total. The molecule has 0 spiro atoms. The number of unbranched alkanes of at least 4 members (excludes halogenated alkanes) is 66. The number of ether oxygens (including phenoxy) is 1. The number of amides is 1. The van der Waals surface area contributed by atoms with Crippen molar-refractivity contribution in [2.75, 3.05) is 13.2 Å². The number of carbonyl (C=O) groups excluding carboxylic acids is 2. The van der Waals surface area contributed by atoms with Gasteiger partial charge in [-0.25, -0.2) is 0 Å². The van der Waals surface area contributed by atoms with Crippen molar-refractivity contribution in [3.8, 4) is 0 Å². The average molecular weight is 1310 g/mol. The van der Waals surface area contributed by atoms with Crippen LogP contribution in [0.5, 0.6) is 0 Å². The van der Waals surface area contributed by atoms with Crippen LogP contribution in [0.1, 0.15) is 483 Å². The smallest absolute Gasteiger partial charge is 0.305 e. The van der Waals surface area contributed by atoms with E-state index in [0.717, 1.165) is 51.4 Å². The van der Waals surface area contributed by atoms with Crippen LogP contribution in [0.4, 0.5) is 0 Å². The van der Waals surface area contributed by atoms with E-state index in [2.05, 4.69) is 43.5 Å². The van der Waals surface area contributed by atoms with Gasteiger partial charge in [0.15, 0.2) is 0 Å². The van der Waals surface area contributed by atoms with Crippen molar-refractivity contribution in [1.82, 2.24) is 5.32 Å². The maximum absolute atomic E-state index is 12.6. The van der Waals surface area contributed by atoms with Crippen molar-refractivity contribution in [3.05, 3.63) is 36.5 Å². The zero-order valence-corrected chi connectivity index (χ0v) is 63.3. The molecule has 93 heavy (non-hydrogen) atoms. The third-order valence-electron chi connectivity index (χ3n) is 20.2. The lowest BCUT2D eigenvalue weighted by molar-refractivity contribution is -0.143. The van der Waals surface area contributed by atoms with E-state index in [9.17, 15) is 19.8 Å².